The second kappa shape index (κ2) is 5.69. The van der Waals surface area contributed by atoms with Gasteiger partial charge in [0.2, 0.25) is 15.9 Å². The average molecular weight is 280 g/mol. The predicted octanol–water partition coefficient (Wildman–Crippen LogP) is -1.28. The fraction of sp³-hybridized carbons (Fsp3) is 0.750. The van der Waals surface area contributed by atoms with Gasteiger partial charge in [-0.1, -0.05) is 11.8 Å². The fourth-order valence-corrected chi connectivity index (χ4v) is 2.79. The lowest BCUT2D eigenvalue weighted by molar-refractivity contribution is -0.129. The Hall–Kier alpha value is -0.800. The molecule has 7 nitrogen and oxygen atoms in total. The predicted molar refractivity (Wildman–Crippen MR) is 67.4 cm³/mol. The Labute approximate surface area is 105 Å². The summed E-state index contributed by atoms with van der Waals surface area (Å²) in [7, 11) is -3.16. The highest BCUT2D eigenvalue weighted by Crippen LogP contribution is 2.08. The van der Waals surface area contributed by atoms with Crippen LogP contribution >= 0.6 is 11.8 Å². The molecule has 1 rings (SSSR count). The van der Waals surface area contributed by atoms with E-state index in [0.717, 1.165) is 18.0 Å². The van der Waals surface area contributed by atoms with Crippen molar-refractivity contribution in [1.29, 1.82) is 5.41 Å². The normalized spacial score (nSPS) is 18.1. The Kier molecular flexibility index (Phi) is 4.78. The molecule has 0 aromatic carbocycles. The minimum absolute atomic E-state index is 0.0897. The molecule has 3 N–H and O–H groups in total. The molecule has 0 saturated carbocycles. The van der Waals surface area contributed by atoms with Gasteiger partial charge in [-0.3, -0.25) is 10.2 Å². The molecule has 0 aromatic heterocycles. The van der Waals surface area contributed by atoms with Crippen LogP contribution in [-0.2, 0) is 14.8 Å². The summed E-state index contributed by atoms with van der Waals surface area (Å²) in [5, 5.41) is 6.91. The fourth-order valence-electron chi connectivity index (χ4n) is 1.50. The molecule has 1 saturated heterocycles. The zero-order valence-electron chi connectivity index (χ0n) is 9.55. The summed E-state index contributed by atoms with van der Waals surface area (Å²) < 4.78 is 23.9. The van der Waals surface area contributed by atoms with Crippen LogP contribution in [0.1, 0.15) is 0 Å². The highest BCUT2D eigenvalue weighted by atomic mass is 32.2. The Morgan fingerprint density at radius 3 is 2.29 bits per heavy atom. The van der Waals surface area contributed by atoms with Gasteiger partial charge in [0.1, 0.15) is 0 Å². The van der Waals surface area contributed by atoms with Gasteiger partial charge in [-0.2, -0.15) is 4.31 Å². The largest absolute Gasteiger partial charge is 0.379 e. The molecule has 0 spiro atoms. The van der Waals surface area contributed by atoms with Gasteiger partial charge in [0.15, 0.2) is 5.17 Å². The summed E-state index contributed by atoms with van der Waals surface area (Å²) in [5.74, 6) is 0.0205. The molecule has 1 aliphatic heterocycles. The van der Waals surface area contributed by atoms with E-state index in [1.807, 2.05) is 0 Å². The van der Waals surface area contributed by atoms with Crippen molar-refractivity contribution in [3.63, 3.8) is 0 Å². The van der Waals surface area contributed by atoms with E-state index in [9.17, 15) is 13.2 Å². The second-order valence-electron chi connectivity index (χ2n) is 3.70. The number of nitrogens with one attached hydrogen (secondary N) is 1. The summed E-state index contributed by atoms with van der Waals surface area (Å²) in [5.41, 5.74) is 5.14. The smallest absolute Gasteiger partial charge is 0.233 e. The van der Waals surface area contributed by atoms with Crippen LogP contribution in [0.25, 0.3) is 0 Å². The third-order valence-corrected chi connectivity index (χ3v) is 4.42. The van der Waals surface area contributed by atoms with Gasteiger partial charge in [-0.25, -0.2) is 8.42 Å². The highest BCUT2D eigenvalue weighted by molar-refractivity contribution is 8.14. The van der Waals surface area contributed by atoms with Crippen LogP contribution in [0.4, 0.5) is 0 Å². The number of hydrogen-bond donors (Lipinski definition) is 2. The van der Waals surface area contributed by atoms with E-state index in [-0.39, 0.29) is 16.8 Å². The number of nitrogens with two attached hydrogens (primary N) is 1. The van der Waals surface area contributed by atoms with Gasteiger partial charge in [-0.15, -0.1) is 0 Å². The molecule has 98 valence electrons. The van der Waals surface area contributed by atoms with Crippen molar-refractivity contribution < 1.29 is 13.2 Å². The highest BCUT2D eigenvalue weighted by Gasteiger charge is 2.25. The van der Waals surface area contributed by atoms with Crippen LogP contribution in [0.15, 0.2) is 0 Å². The van der Waals surface area contributed by atoms with Crippen molar-refractivity contribution in [2.45, 2.75) is 0 Å². The molecular formula is C8H16N4O3S2. The van der Waals surface area contributed by atoms with Crippen molar-refractivity contribution >= 4 is 32.9 Å². The van der Waals surface area contributed by atoms with E-state index in [1.165, 1.54) is 4.31 Å². The van der Waals surface area contributed by atoms with E-state index in [0.29, 0.717) is 26.2 Å². The zero-order chi connectivity index (χ0) is 13.1. The molecule has 0 bridgehead atoms. The third-order valence-electron chi connectivity index (χ3n) is 2.41. The maximum Gasteiger partial charge on any atom is 0.233 e. The number of sulfonamides is 1. The minimum Gasteiger partial charge on any atom is -0.379 e. The summed E-state index contributed by atoms with van der Waals surface area (Å²) >= 11 is 0.977. The molecule has 0 unspecified atom stereocenters. The average Bonchev–Trinajstić information content (AvgIpc) is 2.25. The molecule has 1 heterocycles. The molecule has 17 heavy (non-hydrogen) atoms. The first-order valence-corrected chi connectivity index (χ1v) is 7.84. The number of thioether (sulfide) groups is 1. The third kappa shape index (κ3) is 4.52. The Morgan fingerprint density at radius 2 is 1.88 bits per heavy atom. The van der Waals surface area contributed by atoms with Gasteiger partial charge in [0.05, 0.1) is 12.0 Å². The maximum absolute atomic E-state index is 11.6. The lowest BCUT2D eigenvalue weighted by atomic mass is 10.3. The number of hydrogen-bond acceptors (Lipinski definition) is 5. The molecule has 0 radical (unpaired) electrons. The van der Waals surface area contributed by atoms with Gasteiger partial charge in [0, 0.05) is 26.2 Å². The Balaban J connectivity index is 2.41. The van der Waals surface area contributed by atoms with E-state index < -0.39 is 10.0 Å². The van der Waals surface area contributed by atoms with E-state index >= 15 is 0 Å². The number of amidine groups is 1. The van der Waals surface area contributed by atoms with Crippen molar-refractivity contribution in [3.05, 3.63) is 0 Å². The molecular weight excluding hydrogens is 264 g/mol. The zero-order valence-corrected chi connectivity index (χ0v) is 11.2. The van der Waals surface area contributed by atoms with Crippen LogP contribution in [0.3, 0.4) is 0 Å². The molecule has 0 aromatic rings. The summed E-state index contributed by atoms with van der Waals surface area (Å²) in [4.78, 5) is 13.2. The minimum atomic E-state index is -3.16. The molecule has 1 aliphatic rings. The number of carbonyl (C=O) groups excluding carboxylic acids is 1. The van der Waals surface area contributed by atoms with Crippen LogP contribution in [0, 0.1) is 5.41 Å². The van der Waals surface area contributed by atoms with Gasteiger partial charge < -0.3 is 10.6 Å². The number of nitrogens with zero attached hydrogens (tertiary/aromatic N) is 2. The molecule has 1 fully saturated rings. The van der Waals surface area contributed by atoms with Crippen molar-refractivity contribution in [3.8, 4) is 0 Å². The standard InChI is InChI=1S/C8H16N4O3S2/c1-17(14,15)12-4-2-11(3-5-12)7(13)6-16-8(9)10/h2-6H2,1H3,(H3,9,10). The first-order valence-electron chi connectivity index (χ1n) is 5.00. The molecule has 9 heteroatoms. The van der Waals surface area contributed by atoms with E-state index in [1.54, 1.807) is 4.90 Å². The van der Waals surface area contributed by atoms with E-state index in [2.05, 4.69) is 0 Å². The number of amides is 1. The maximum atomic E-state index is 11.6. The molecule has 0 aliphatic carbocycles. The number of carbonyl (C=O) groups is 1. The quantitative estimate of drug-likeness (QED) is 0.494. The first kappa shape index (κ1) is 14.3. The van der Waals surface area contributed by atoms with Crippen LogP contribution < -0.4 is 5.73 Å². The van der Waals surface area contributed by atoms with Crippen molar-refractivity contribution in [2.24, 2.45) is 5.73 Å². The van der Waals surface area contributed by atoms with Crippen LogP contribution in [-0.4, -0.2) is 66.9 Å². The summed E-state index contributed by atoms with van der Waals surface area (Å²) in [6, 6.07) is 0. The van der Waals surface area contributed by atoms with Crippen molar-refractivity contribution in [2.75, 3.05) is 38.2 Å². The van der Waals surface area contributed by atoms with E-state index in [4.69, 9.17) is 11.1 Å². The van der Waals surface area contributed by atoms with Crippen LogP contribution in [0.2, 0.25) is 0 Å². The monoisotopic (exact) mass is 280 g/mol. The Bertz CT molecular complexity index is 401. The van der Waals surface area contributed by atoms with Crippen molar-refractivity contribution in [1.82, 2.24) is 9.21 Å². The molecule has 0 atom stereocenters. The second-order valence-corrected chi connectivity index (χ2v) is 6.70. The Morgan fingerprint density at radius 1 is 1.35 bits per heavy atom. The van der Waals surface area contributed by atoms with Gasteiger partial charge in [-0.05, 0) is 0 Å². The number of rotatable bonds is 3. The first-order chi connectivity index (χ1) is 7.80. The topological polar surface area (TPSA) is 108 Å². The lowest BCUT2D eigenvalue weighted by Gasteiger charge is -2.33. The van der Waals surface area contributed by atoms with Crippen LogP contribution in [0.5, 0.6) is 0 Å². The summed E-state index contributed by atoms with van der Waals surface area (Å²) in [6.07, 6.45) is 1.16. The number of piperazine rings is 1. The molecule has 1 amide bonds. The SMILES string of the molecule is CS(=O)(=O)N1CCN(C(=O)CSC(=N)N)CC1. The van der Waals surface area contributed by atoms with Gasteiger partial charge in [0.25, 0.3) is 0 Å². The lowest BCUT2D eigenvalue weighted by Crippen LogP contribution is -2.50. The summed E-state index contributed by atoms with van der Waals surface area (Å²) in [6.45, 7) is 1.44. The van der Waals surface area contributed by atoms with Gasteiger partial charge >= 0.3 is 0 Å².